The highest BCUT2D eigenvalue weighted by Crippen LogP contribution is 2.61. The van der Waals surface area contributed by atoms with Crippen molar-refractivity contribution in [1.29, 1.82) is 0 Å². The number of hydrogen-bond donors (Lipinski definition) is 1. The van der Waals surface area contributed by atoms with Crippen molar-refractivity contribution >= 4 is 11.8 Å². The van der Waals surface area contributed by atoms with Crippen molar-refractivity contribution in [2.45, 2.75) is 44.1 Å². The van der Waals surface area contributed by atoms with Crippen molar-refractivity contribution in [3.63, 3.8) is 0 Å². The Morgan fingerprint density at radius 3 is 2.41 bits per heavy atom. The Bertz CT molecular complexity index is 756. The predicted molar refractivity (Wildman–Crippen MR) is 96.9 cm³/mol. The van der Waals surface area contributed by atoms with Gasteiger partial charge in [0, 0.05) is 6.07 Å². The Morgan fingerprint density at radius 2 is 1.81 bits per heavy atom. The highest BCUT2D eigenvalue weighted by molar-refractivity contribution is 6.00. The molecule has 4 bridgehead atoms. The fourth-order valence-electron chi connectivity index (χ4n) is 5.84. The largest absolute Gasteiger partial charge is 0.497 e. The lowest BCUT2D eigenvalue weighted by Gasteiger charge is -2.58. The first kappa shape index (κ1) is 18.3. The Morgan fingerprint density at radius 1 is 1.11 bits per heavy atom. The number of aliphatic hydroxyl groups is 1. The fourth-order valence-corrected chi connectivity index (χ4v) is 5.84. The van der Waals surface area contributed by atoms with Crippen LogP contribution >= 0.6 is 0 Å². The lowest BCUT2D eigenvalue weighted by molar-refractivity contribution is -0.195. The van der Waals surface area contributed by atoms with Gasteiger partial charge in [0.25, 0.3) is 0 Å². The summed E-state index contributed by atoms with van der Waals surface area (Å²) in [5, 5.41) is 10.8. The second-order valence-electron chi connectivity index (χ2n) is 8.53. The van der Waals surface area contributed by atoms with Gasteiger partial charge in [-0.2, -0.15) is 0 Å². The van der Waals surface area contributed by atoms with E-state index in [2.05, 4.69) is 0 Å². The number of carbonyl (C=O) groups is 2. The smallest absolute Gasteiger partial charge is 0.312 e. The van der Waals surface area contributed by atoms with Gasteiger partial charge in [-0.3, -0.25) is 9.59 Å². The molecule has 146 valence electrons. The van der Waals surface area contributed by atoms with Gasteiger partial charge in [-0.25, -0.2) is 0 Å². The van der Waals surface area contributed by atoms with Crippen molar-refractivity contribution in [2.75, 3.05) is 20.8 Å². The average molecular weight is 374 g/mol. The number of esters is 1. The molecule has 1 N–H and O–H groups in total. The molecule has 6 heteroatoms. The van der Waals surface area contributed by atoms with Gasteiger partial charge in [0.1, 0.15) is 11.5 Å². The highest BCUT2D eigenvalue weighted by Gasteiger charge is 2.60. The maximum atomic E-state index is 12.9. The van der Waals surface area contributed by atoms with Crippen LogP contribution in [0.4, 0.5) is 0 Å². The molecule has 1 aromatic rings. The number of carbonyl (C=O) groups excluding carboxylic acids is 2. The standard InChI is InChI=1S/C21H26O6/c1-25-15-3-4-16(18(6-15)26-2)17(22)11-27-19(23)20-7-13-5-14(8-20)10-21(24,9-13)12-20/h3-4,6,13-14,24H,5,7-12H2,1-2H3. The molecule has 0 spiro atoms. The monoisotopic (exact) mass is 374 g/mol. The fraction of sp³-hybridized carbons (Fsp3) is 0.619. The van der Waals surface area contributed by atoms with Crippen LogP contribution in [0.5, 0.6) is 11.5 Å². The summed E-state index contributed by atoms with van der Waals surface area (Å²) in [6.45, 7) is -0.322. The third-order valence-electron chi connectivity index (χ3n) is 6.51. The zero-order valence-electron chi connectivity index (χ0n) is 15.8. The summed E-state index contributed by atoms with van der Waals surface area (Å²) in [4.78, 5) is 25.5. The quantitative estimate of drug-likeness (QED) is 0.609. The number of methoxy groups -OCH3 is 2. The van der Waals surface area contributed by atoms with E-state index in [1.54, 1.807) is 18.2 Å². The molecule has 4 fully saturated rings. The van der Waals surface area contributed by atoms with E-state index < -0.39 is 11.0 Å². The van der Waals surface area contributed by atoms with Crippen molar-refractivity contribution in [2.24, 2.45) is 17.3 Å². The Labute approximate surface area is 158 Å². The Hall–Kier alpha value is -2.08. The van der Waals surface area contributed by atoms with Crippen LogP contribution in [0, 0.1) is 17.3 Å². The maximum Gasteiger partial charge on any atom is 0.312 e. The number of rotatable bonds is 6. The van der Waals surface area contributed by atoms with Crippen LogP contribution in [-0.4, -0.2) is 43.3 Å². The third-order valence-corrected chi connectivity index (χ3v) is 6.51. The van der Waals surface area contributed by atoms with Crippen molar-refractivity contribution in [3.8, 4) is 11.5 Å². The molecular weight excluding hydrogens is 348 g/mol. The minimum atomic E-state index is -0.730. The van der Waals surface area contributed by atoms with E-state index in [1.807, 2.05) is 0 Å². The molecule has 5 rings (SSSR count). The first-order valence-corrected chi connectivity index (χ1v) is 9.51. The van der Waals surface area contributed by atoms with Crippen LogP contribution < -0.4 is 9.47 Å². The Kier molecular flexibility index (Phi) is 4.41. The molecule has 2 atom stereocenters. The second kappa shape index (κ2) is 6.51. The van der Waals surface area contributed by atoms with Gasteiger partial charge in [0.2, 0.25) is 5.78 Å². The molecule has 4 aliphatic rings. The van der Waals surface area contributed by atoms with E-state index in [4.69, 9.17) is 14.2 Å². The van der Waals surface area contributed by atoms with Gasteiger partial charge in [-0.05, 0) is 62.5 Å². The molecule has 1 aromatic carbocycles. The van der Waals surface area contributed by atoms with E-state index in [9.17, 15) is 14.7 Å². The summed E-state index contributed by atoms with van der Waals surface area (Å²) < 4.78 is 15.8. The average Bonchev–Trinajstić information content (AvgIpc) is 2.63. The van der Waals surface area contributed by atoms with Crippen molar-refractivity contribution in [3.05, 3.63) is 23.8 Å². The number of Topliss-reactive ketones (excluding diaryl/α,β-unsaturated/α-hetero) is 1. The molecule has 0 aliphatic heterocycles. The summed E-state index contributed by atoms with van der Waals surface area (Å²) in [5.74, 6) is 1.10. The van der Waals surface area contributed by atoms with Crippen LogP contribution in [0.15, 0.2) is 18.2 Å². The second-order valence-corrected chi connectivity index (χ2v) is 8.53. The van der Waals surface area contributed by atoms with Crippen LogP contribution in [0.1, 0.15) is 48.9 Å². The van der Waals surface area contributed by atoms with Gasteiger partial charge in [0.15, 0.2) is 6.61 Å². The minimum absolute atomic E-state index is 0.314. The summed E-state index contributed by atoms with van der Waals surface area (Å²) in [5.41, 5.74) is -0.995. The molecule has 0 heterocycles. The zero-order valence-corrected chi connectivity index (χ0v) is 15.8. The van der Waals surface area contributed by atoms with Crippen molar-refractivity contribution < 1.29 is 28.9 Å². The molecule has 0 amide bonds. The molecule has 0 aromatic heterocycles. The molecule has 2 unspecified atom stereocenters. The SMILES string of the molecule is COc1ccc(C(=O)COC(=O)C23CC4CC(CC(O)(C4)C2)C3)c(OC)c1. The third kappa shape index (κ3) is 3.20. The topological polar surface area (TPSA) is 82.1 Å². The van der Waals surface area contributed by atoms with E-state index in [0.717, 1.165) is 32.1 Å². The van der Waals surface area contributed by atoms with Gasteiger partial charge in [0.05, 0.1) is 30.8 Å². The van der Waals surface area contributed by atoms with Crippen LogP contribution in [0.25, 0.3) is 0 Å². The number of hydrogen-bond acceptors (Lipinski definition) is 6. The predicted octanol–water partition coefficient (Wildman–Crippen LogP) is 2.76. The molecule has 0 radical (unpaired) electrons. The van der Waals surface area contributed by atoms with Gasteiger partial charge < -0.3 is 19.3 Å². The highest BCUT2D eigenvalue weighted by atomic mass is 16.5. The van der Waals surface area contributed by atoms with E-state index in [1.165, 1.54) is 14.2 Å². The summed E-state index contributed by atoms with van der Waals surface area (Å²) >= 11 is 0. The number of ether oxygens (including phenoxy) is 3. The number of ketones is 1. The van der Waals surface area contributed by atoms with Gasteiger partial charge >= 0.3 is 5.97 Å². The van der Waals surface area contributed by atoms with E-state index >= 15 is 0 Å². The number of benzene rings is 1. The molecule has 27 heavy (non-hydrogen) atoms. The normalized spacial score (nSPS) is 33.6. The minimum Gasteiger partial charge on any atom is -0.497 e. The maximum absolute atomic E-state index is 12.9. The zero-order chi connectivity index (χ0) is 19.2. The van der Waals surface area contributed by atoms with Crippen LogP contribution in [0.3, 0.4) is 0 Å². The first-order valence-electron chi connectivity index (χ1n) is 9.51. The van der Waals surface area contributed by atoms with Gasteiger partial charge in [-0.1, -0.05) is 0 Å². The van der Waals surface area contributed by atoms with Crippen LogP contribution in [-0.2, 0) is 9.53 Å². The summed E-state index contributed by atoms with van der Waals surface area (Å²) in [6.07, 6.45) is 4.68. The molecule has 4 saturated carbocycles. The summed E-state index contributed by atoms with van der Waals surface area (Å²) in [6, 6.07) is 4.91. The molecule has 0 saturated heterocycles. The lowest BCUT2D eigenvalue weighted by atomic mass is 9.48. The molecular formula is C21H26O6. The first-order chi connectivity index (χ1) is 12.9. The Balaban J connectivity index is 1.45. The van der Waals surface area contributed by atoms with Crippen molar-refractivity contribution in [1.82, 2.24) is 0 Å². The van der Waals surface area contributed by atoms with Crippen LogP contribution in [0.2, 0.25) is 0 Å². The molecule has 4 aliphatic carbocycles. The lowest BCUT2D eigenvalue weighted by Crippen LogP contribution is -2.58. The van der Waals surface area contributed by atoms with E-state index in [-0.39, 0.29) is 18.4 Å². The molecule has 6 nitrogen and oxygen atoms in total. The van der Waals surface area contributed by atoms with Gasteiger partial charge in [-0.15, -0.1) is 0 Å². The summed E-state index contributed by atoms with van der Waals surface area (Å²) in [7, 11) is 3.02. The van der Waals surface area contributed by atoms with E-state index in [0.29, 0.717) is 35.3 Å².